The monoisotopic (exact) mass is 212 g/mol. The van der Waals surface area contributed by atoms with Gasteiger partial charge in [-0.15, -0.1) is 0 Å². The van der Waals surface area contributed by atoms with E-state index in [1.165, 1.54) is 7.11 Å². The average Bonchev–Trinajstić information content (AvgIpc) is 2.36. The maximum atomic E-state index is 10.5. The highest BCUT2D eigenvalue weighted by molar-refractivity contribution is 5.77. The first-order chi connectivity index (χ1) is 7.76. The molecule has 0 aliphatic rings. The van der Waals surface area contributed by atoms with E-state index in [0.717, 1.165) is 6.29 Å². The molecule has 78 valence electrons. The Balaban J connectivity index is 3.26. The van der Waals surface area contributed by atoms with E-state index < -0.39 is 0 Å². The van der Waals surface area contributed by atoms with Crippen molar-refractivity contribution < 1.29 is 9.53 Å². The molecule has 1 aromatic rings. The van der Waals surface area contributed by atoms with E-state index in [2.05, 4.69) is 0 Å². The first-order valence-electron chi connectivity index (χ1n) is 4.41. The van der Waals surface area contributed by atoms with Crippen LogP contribution >= 0.6 is 0 Å². The number of hydrogen-bond donors (Lipinski definition) is 0. The summed E-state index contributed by atoms with van der Waals surface area (Å²) in [6.45, 7) is 0. The molecule has 1 rings (SSSR count). The van der Waals surface area contributed by atoms with Crippen molar-refractivity contribution in [2.24, 2.45) is 0 Å². The lowest BCUT2D eigenvalue weighted by Gasteiger charge is -2.05. The second kappa shape index (κ2) is 5.33. The molecule has 0 saturated heterocycles. The summed E-state index contributed by atoms with van der Waals surface area (Å²) in [5.41, 5.74) is 1.02. The van der Waals surface area contributed by atoms with E-state index in [-0.39, 0.29) is 11.3 Å². The van der Waals surface area contributed by atoms with Crippen LogP contribution in [0, 0.1) is 22.7 Å². The van der Waals surface area contributed by atoms with Crippen molar-refractivity contribution in [2.75, 3.05) is 7.11 Å². The molecule has 0 unspecified atom stereocenters. The van der Waals surface area contributed by atoms with Gasteiger partial charge in [-0.05, 0) is 0 Å². The van der Waals surface area contributed by atoms with Gasteiger partial charge < -0.3 is 4.74 Å². The fourth-order valence-corrected chi connectivity index (χ4v) is 1.20. The third-order valence-electron chi connectivity index (χ3n) is 1.96. The van der Waals surface area contributed by atoms with E-state index in [1.807, 2.05) is 0 Å². The number of benzene rings is 1. The smallest absolute Gasteiger partial charge is 0.172 e. The summed E-state index contributed by atoms with van der Waals surface area (Å²) >= 11 is 0. The van der Waals surface area contributed by atoms with E-state index in [9.17, 15) is 4.79 Å². The highest BCUT2D eigenvalue weighted by Crippen LogP contribution is 2.19. The van der Waals surface area contributed by atoms with Gasteiger partial charge in [0.05, 0.1) is 7.11 Å². The Morgan fingerprint density at radius 1 is 1.25 bits per heavy atom. The molecule has 0 fully saturated rings. The van der Waals surface area contributed by atoms with Crippen molar-refractivity contribution in [3.05, 3.63) is 41.0 Å². The predicted octanol–water partition coefficient (Wildman–Crippen LogP) is 1.90. The topological polar surface area (TPSA) is 73.9 Å². The molecule has 0 aromatic heterocycles. The number of ether oxygens (including phenoxy) is 1. The van der Waals surface area contributed by atoms with Crippen molar-refractivity contribution in [3.8, 4) is 12.1 Å². The van der Waals surface area contributed by atoms with Gasteiger partial charge in [-0.1, -0.05) is 24.3 Å². The van der Waals surface area contributed by atoms with Crippen LogP contribution in [0.5, 0.6) is 0 Å². The molecule has 0 atom stereocenters. The summed E-state index contributed by atoms with van der Waals surface area (Å²) in [6, 6.07) is 9.93. The predicted molar refractivity (Wildman–Crippen MR) is 57.0 cm³/mol. The van der Waals surface area contributed by atoms with Crippen molar-refractivity contribution >= 4 is 12.0 Å². The number of nitriles is 2. The molecular formula is C12H8N2O2. The summed E-state index contributed by atoms with van der Waals surface area (Å²) in [5.74, 6) is 0.211. The highest BCUT2D eigenvalue weighted by atomic mass is 16.5. The van der Waals surface area contributed by atoms with Crippen LogP contribution in [0.4, 0.5) is 0 Å². The maximum absolute atomic E-state index is 10.5. The lowest BCUT2D eigenvalue weighted by molar-refractivity contribution is 0.112. The van der Waals surface area contributed by atoms with Crippen LogP contribution in [0.3, 0.4) is 0 Å². The fourth-order valence-electron chi connectivity index (χ4n) is 1.20. The Hall–Kier alpha value is -2.59. The number of rotatable bonds is 3. The summed E-state index contributed by atoms with van der Waals surface area (Å²) in [5, 5.41) is 17.4. The summed E-state index contributed by atoms with van der Waals surface area (Å²) in [4.78, 5) is 10.5. The van der Waals surface area contributed by atoms with E-state index in [4.69, 9.17) is 15.3 Å². The Morgan fingerprint density at radius 3 is 2.19 bits per heavy atom. The van der Waals surface area contributed by atoms with Crippen LogP contribution in [-0.2, 0) is 4.74 Å². The molecular weight excluding hydrogens is 204 g/mol. The molecule has 0 spiro atoms. The molecule has 0 bridgehead atoms. The van der Waals surface area contributed by atoms with Crippen molar-refractivity contribution in [2.45, 2.75) is 0 Å². The molecule has 0 radical (unpaired) electrons. The number of methoxy groups -OCH3 is 1. The van der Waals surface area contributed by atoms with Gasteiger partial charge in [-0.25, -0.2) is 0 Å². The lowest BCUT2D eigenvalue weighted by Crippen LogP contribution is -1.92. The molecule has 4 heteroatoms. The van der Waals surface area contributed by atoms with E-state index >= 15 is 0 Å². The standard InChI is InChI=1S/C12H8N2O2/c1-16-12(11(6-13)7-14)10-4-2-9(8-15)3-5-10/h2-5,8H,1H3. The summed E-state index contributed by atoms with van der Waals surface area (Å²) in [6.07, 6.45) is 0.718. The van der Waals surface area contributed by atoms with E-state index in [1.54, 1.807) is 36.4 Å². The molecule has 4 nitrogen and oxygen atoms in total. The van der Waals surface area contributed by atoms with Gasteiger partial charge in [0, 0.05) is 11.1 Å². The minimum Gasteiger partial charge on any atom is -0.494 e. The average molecular weight is 212 g/mol. The van der Waals surface area contributed by atoms with Crippen LogP contribution in [0.15, 0.2) is 29.8 Å². The molecule has 16 heavy (non-hydrogen) atoms. The maximum Gasteiger partial charge on any atom is 0.172 e. The molecule has 0 amide bonds. The first-order valence-corrected chi connectivity index (χ1v) is 4.41. The zero-order valence-corrected chi connectivity index (χ0v) is 8.60. The fraction of sp³-hybridized carbons (Fsp3) is 0.0833. The highest BCUT2D eigenvalue weighted by Gasteiger charge is 2.09. The molecule has 0 aliphatic heterocycles. The number of allylic oxidation sites excluding steroid dienone is 1. The van der Waals surface area contributed by atoms with Gasteiger partial charge >= 0.3 is 0 Å². The Kier molecular flexibility index (Phi) is 3.83. The van der Waals surface area contributed by atoms with Crippen LogP contribution < -0.4 is 0 Å². The molecule has 0 saturated carbocycles. The third-order valence-corrected chi connectivity index (χ3v) is 1.96. The van der Waals surface area contributed by atoms with Crippen molar-refractivity contribution in [1.82, 2.24) is 0 Å². The normalized spacial score (nSPS) is 8.44. The van der Waals surface area contributed by atoms with Crippen LogP contribution in [0.1, 0.15) is 15.9 Å². The second-order valence-electron chi connectivity index (χ2n) is 2.87. The summed E-state index contributed by atoms with van der Waals surface area (Å²) in [7, 11) is 1.39. The molecule has 1 aromatic carbocycles. The number of nitrogens with zero attached hydrogens (tertiary/aromatic N) is 2. The summed E-state index contributed by atoms with van der Waals surface area (Å²) < 4.78 is 5.00. The minimum absolute atomic E-state index is 0.0960. The molecule has 0 aliphatic carbocycles. The third kappa shape index (κ3) is 2.26. The Bertz CT molecular complexity index is 485. The van der Waals surface area contributed by atoms with Gasteiger partial charge in [-0.3, -0.25) is 4.79 Å². The zero-order chi connectivity index (χ0) is 12.0. The lowest BCUT2D eigenvalue weighted by atomic mass is 10.1. The number of hydrogen-bond acceptors (Lipinski definition) is 4. The van der Waals surface area contributed by atoms with Crippen LogP contribution in [-0.4, -0.2) is 13.4 Å². The van der Waals surface area contributed by atoms with Gasteiger partial charge in [-0.2, -0.15) is 10.5 Å². The van der Waals surface area contributed by atoms with Gasteiger partial charge in [0.15, 0.2) is 11.3 Å². The number of carbonyl (C=O) groups excluding carboxylic acids is 1. The van der Waals surface area contributed by atoms with Gasteiger partial charge in [0.2, 0.25) is 0 Å². The van der Waals surface area contributed by atoms with Gasteiger partial charge in [0.25, 0.3) is 0 Å². The largest absolute Gasteiger partial charge is 0.494 e. The SMILES string of the molecule is COC(=C(C#N)C#N)c1ccc(C=O)cc1. The van der Waals surface area contributed by atoms with E-state index in [0.29, 0.717) is 11.1 Å². The minimum atomic E-state index is -0.0960. The quantitative estimate of drug-likeness (QED) is 0.435. The number of aldehydes is 1. The molecule has 0 heterocycles. The van der Waals surface area contributed by atoms with Crippen molar-refractivity contribution in [1.29, 1.82) is 10.5 Å². The second-order valence-corrected chi connectivity index (χ2v) is 2.87. The first kappa shape index (κ1) is 11.5. The van der Waals surface area contributed by atoms with Gasteiger partial charge in [0.1, 0.15) is 18.4 Å². The van der Waals surface area contributed by atoms with Crippen LogP contribution in [0.2, 0.25) is 0 Å². The van der Waals surface area contributed by atoms with Crippen LogP contribution in [0.25, 0.3) is 5.76 Å². The zero-order valence-electron chi connectivity index (χ0n) is 8.60. The Labute approximate surface area is 93.0 Å². The Morgan fingerprint density at radius 2 is 1.81 bits per heavy atom. The molecule has 0 N–H and O–H groups in total. The van der Waals surface area contributed by atoms with Crippen molar-refractivity contribution in [3.63, 3.8) is 0 Å². The number of carbonyl (C=O) groups is 1.